The number of nitrogens with zero attached hydrogens (tertiary/aromatic N) is 2. The number of benzene rings is 2. The molecule has 0 spiro atoms. The second-order valence-electron chi connectivity index (χ2n) is 9.68. The van der Waals surface area contributed by atoms with Crippen molar-refractivity contribution in [2.24, 2.45) is 0 Å². The minimum Gasteiger partial charge on any atom is -0.379 e. The highest BCUT2D eigenvalue weighted by Gasteiger charge is 2.42. The average Bonchev–Trinajstić information content (AvgIpc) is 3.00. The Morgan fingerprint density at radius 3 is 1.16 bits per heavy atom. The summed E-state index contributed by atoms with van der Waals surface area (Å²) in [5.74, 6) is -2.14. The summed E-state index contributed by atoms with van der Waals surface area (Å²) < 4.78 is 33.1. The second-order valence-corrected chi connectivity index (χ2v) is 11.4. The van der Waals surface area contributed by atoms with Crippen molar-refractivity contribution in [1.82, 2.24) is 9.80 Å². The lowest BCUT2D eigenvalue weighted by Crippen LogP contribution is -2.45. The van der Waals surface area contributed by atoms with E-state index in [1.165, 1.54) is 12.1 Å². The molecule has 0 N–H and O–H groups in total. The van der Waals surface area contributed by atoms with E-state index in [0.717, 1.165) is 9.80 Å². The molecular weight excluding hydrogens is 708 g/mol. The van der Waals surface area contributed by atoms with E-state index in [4.69, 9.17) is 28.4 Å². The average molecular weight is 744 g/mol. The van der Waals surface area contributed by atoms with E-state index >= 15 is 0 Å². The summed E-state index contributed by atoms with van der Waals surface area (Å²) >= 11 is 6.91. The molecule has 0 saturated heterocycles. The zero-order valence-electron chi connectivity index (χ0n) is 24.8. The van der Waals surface area contributed by atoms with Gasteiger partial charge >= 0.3 is 0 Å². The third kappa shape index (κ3) is 7.73. The first-order valence-corrected chi connectivity index (χ1v) is 16.1. The number of halogens is 2. The molecular formula is C30H36Br2N2O10. The predicted octanol–water partition coefficient (Wildman–Crippen LogP) is 3.70. The number of hydrogen-bond donors (Lipinski definition) is 0. The number of hydrogen-bond acceptors (Lipinski definition) is 10. The monoisotopic (exact) mass is 742 g/mol. The molecule has 0 unspecified atom stereocenters. The Morgan fingerprint density at radius 2 is 0.818 bits per heavy atom. The summed E-state index contributed by atoms with van der Waals surface area (Å²) in [4.78, 5) is 56.6. The van der Waals surface area contributed by atoms with Crippen LogP contribution in [0.5, 0.6) is 0 Å². The smallest absolute Gasteiger partial charge is 0.262 e. The molecule has 2 aliphatic rings. The molecule has 2 heterocycles. The van der Waals surface area contributed by atoms with Crippen molar-refractivity contribution in [3.8, 4) is 0 Å². The van der Waals surface area contributed by atoms with Crippen LogP contribution in [0, 0.1) is 0 Å². The van der Waals surface area contributed by atoms with Gasteiger partial charge in [-0.05, 0) is 57.8 Å². The van der Waals surface area contributed by atoms with Crippen LogP contribution in [-0.4, -0.2) is 126 Å². The van der Waals surface area contributed by atoms with Gasteiger partial charge in [0.05, 0.1) is 90.3 Å². The van der Waals surface area contributed by atoms with Gasteiger partial charge in [-0.15, -0.1) is 0 Å². The van der Waals surface area contributed by atoms with Crippen molar-refractivity contribution in [3.05, 3.63) is 43.3 Å². The van der Waals surface area contributed by atoms with E-state index < -0.39 is 23.6 Å². The molecule has 0 fully saturated rings. The molecule has 4 rings (SSSR count). The summed E-state index contributed by atoms with van der Waals surface area (Å²) in [6.07, 6.45) is 0. The van der Waals surface area contributed by atoms with Gasteiger partial charge in [-0.3, -0.25) is 29.0 Å². The molecule has 12 nitrogen and oxygen atoms in total. The first-order valence-electron chi connectivity index (χ1n) is 14.5. The molecule has 14 heteroatoms. The van der Waals surface area contributed by atoms with Crippen molar-refractivity contribution in [3.63, 3.8) is 0 Å². The summed E-state index contributed by atoms with van der Waals surface area (Å²) in [7, 11) is 0. The van der Waals surface area contributed by atoms with Crippen LogP contribution in [0.2, 0.25) is 0 Å². The molecule has 2 aromatic rings. The van der Waals surface area contributed by atoms with Crippen LogP contribution in [-0.2, 0) is 28.4 Å². The molecule has 2 aliphatic heterocycles. The van der Waals surface area contributed by atoms with Crippen LogP contribution >= 0.6 is 31.9 Å². The molecule has 0 bridgehead atoms. The molecule has 0 atom stereocenters. The number of carbonyl (C=O) groups excluding carboxylic acids is 4. The predicted molar refractivity (Wildman–Crippen MR) is 166 cm³/mol. The van der Waals surface area contributed by atoms with E-state index in [2.05, 4.69) is 31.9 Å². The lowest BCUT2D eigenvalue weighted by molar-refractivity contribution is 0.0125. The molecule has 2 aromatic carbocycles. The third-order valence-electron chi connectivity index (χ3n) is 6.99. The van der Waals surface area contributed by atoms with Crippen molar-refractivity contribution in [2.45, 2.75) is 13.8 Å². The summed E-state index contributed by atoms with van der Waals surface area (Å²) in [5, 5.41) is 0.563. The van der Waals surface area contributed by atoms with Gasteiger partial charge in [0.15, 0.2) is 0 Å². The van der Waals surface area contributed by atoms with Crippen molar-refractivity contribution in [2.75, 3.05) is 92.4 Å². The number of amides is 4. The van der Waals surface area contributed by atoms with Crippen LogP contribution in [0.4, 0.5) is 0 Å². The standard InChI is InChI=1S/C30H36Br2N2O10/c1-3-39-9-11-43-15-13-41-7-5-33-27(35)19-17-22(32)26-24-20(18-21(31)25(23(19)24)29(33)37)28(36)34(30(26)38)6-8-42-14-16-44-12-10-40-4-2/h17-18H,3-16H2,1-2H3. The Morgan fingerprint density at radius 1 is 0.500 bits per heavy atom. The molecule has 240 valence electrons. The van der Waals surface area contributed by atoms with Crippen LogP contribution < -0.4 is 0 Å². The quantitative estimate of drug-likeness (QED) is 0.146. The SMILES string of the molecule is CCOCCOCCOCCN1C(=O)c2cc(Br)c3c4c(cc(Br)c(c24)C1=O)C(=O)N(CCOCCOCCOCC)C3=O. The van der Waals surface area contributed by atoms with Crippen molar-refractivity contribution >= 4 is 66.3 Å². The number of ether oxygens (including phenoxy) is 6. The maximum Gasteiger partial charge on any atom is 0.262 e. The summed E-state index contributed by atoms with van der Waals surface area (Å²) in [6.45, 7) is 8.56. The molecule has 0 aromatic heterocycles. The lowest BCUT2D eigenvalue weighted by Gasteiger charge is -2.33. The van der Waals surface area contributed by atoms with Gasteiger partial charge in [0.2, 0.25) is 0 Å². The first-order chi connectivity index (χ1) is 21.3. The van der Waals surface area contributed by atoms with E-state index in [0.29, 0.717) is 75.0 Å². The summed E-state index contributed by atoms with van der Waals surface area (Å²) in [5.41, 5.74) is 0.865. The Balaban J connectivity index is 1.44. The highest BCUT2D eigenvalue weighted by molar-refractivity contribution is 9.10. The maximum atomic E-state index is 13.6. The van der Waals surface area contributed by atoms with Gasteiger partial charge < -0.3 is 28.4 Å². The fraction of sp³-hybridized carbons (Fsp3) is 0.533. The Labute approximate surface area is 272 Å². The Bertz CT molecular complexity index is 1280. The maximum absolute atomic E-state index is 13.6. The first kappa shape index (κ1) is 34.6. The van der Waals surface area contributed by atoms with E-state index in [-0.39, 0.29) is 59.3 Å². The number of imide groups is 2. The van der Waals surface area contributed by atoms with Gasteiger partial charge in [0.1, 0.15) is 0 Å². The zero-order chi connectivity index (χ0) is 31.6. The lowest BCUT2D eigenvalue weighted by atomic mass is 9.86. The summed E-state index contributed by atoms with van der Waals surface area (Å²) in [6, 6.07) is 3.07. The topological polar surface area (TPSA) is 130 Å². The number of rotatable bonds is 20. The second kappa shape index (κ2) is 16.9. The van der Waals surface area contributed by atoms with E-state index in [1.54, 1.807) is 0 Å². The van der Waals surface area contributed by atoms with Gasteiger partial charge in [0, 0.05) is 44.1 Å². The van der Waals surface area contributed by atoms with Crippen molar-refractivity contribution in [1.29, 1.82) is 0 Å². The highest BCUT2D eigenvalue weighted by atomic mass is 79.9. The van der Waals surface area contributed by atoms with Crippen LogP contribution in [0.25, 0.3) is 10.8 Å². The van der Waals surface area contributed by atoms with Crippen molar-refractivity contribution < 1.29 is 47.6 Å². The van der Waals surface area contributed by atoms with E-state index in [9.17, 15) is 19.2 Å². The fourth-order valence-electron chi connectivity index (χ4n) is 4.96. The fourth-order valence-corrected chi connectivity index (χ4v) is 6.15. The zero-order valence-corrected chi connectivity index (χ0v) is 28.0. The number of carbonyl (C=O) groups is 4. The molecule has 44 heavy (non-hydrogen) atoms. The highest BCUT2D eigenvalue weighted by Crippen LogP contribution is 2.43. The molecule has 0 aliphatic carbocycles. The van der Waals surface area contributed by atoms with Crippen LogP contribution in [0.1, 0.15) is 55.3 Å². The minimum atomic E-state index is -0.537. The van der Waals surface area contributed by atoms with Crippen LogP contribution in [0.3, 0.4) is 0 Å². The molecule has 0 saturated carbocycles. The third-order valence-corrected chi connectivity index (χ3v) is 8.24. The Hall–Kier alpha value is -2.30. The van der Waals surface area contributed by atoms with Gasteiger partial charge in [-0.25, -0.2) is 0 Å². The normalized spacial score (nSPS) is 14.5. The minimum absolute atomic E-state index is 0.0221. The van der Waals surface area contributed by atoms with Gasteiger partial charge in [-0.1, -0.05) is 0 Å². The molecule has 0 radical (unpaired) electrons. The van der Waals surface area contributed by atoms with E-state index in [1.807, 2.05) is 13.8 Å². The van der Waals surface area contributed by atoms with Crippen LogP contribution in [0.15, 0.2) is 21.1 Å². The largest absolute Gasteiger partial charge is 0.379 e. The Kier molecular flexibility index (Phi) is 13.2. The molecule has 4 amide bonds. The van der Waals surface area contributed by atoms with Gasteiger partial charge in [-0.2, -0.15) is 0 Å². The van der Waals surface area contributed by atoms with Gasteiger partial charge in [0.25, 0.3) is 23.6 Å².